The molecule has 0 spiro atoms. The van der Waals surface area contributed by atoms with Crippen LogP contribution in [0.4, 0.5) is 0 Å². The highest BCUT2D eigenvalue weighted by Gasteiger charge is 2.17. The number of nitrogens with one attached hydrogen (secondary N) is 1. The van der Waals surface area contributed by atoms with E-state index in [-0.39, 0.29) is 5.71 Å². The Hall–Kier alpha value is -1.38. The second-order valence-electron chi connectivity index (χ2n) is 3.28. The van der Waals surface area contributed by atoms with Gasteiger partial charge in [0.25, 0.3) is 0 Å². The van der Waals surface area contributed by atoms with Crippen molar-refractivity contribution in [2.75, 3.05) is 6.61 Å². The van der Waals surface area contributed by atoms with Crippen LogP contribution in [0.1, 0.15) is 26.2 Å². The molecule has 1 N–H and O–H groups in total. The second-order valence-corrected chi connectivity index (χ2v) is 3.28. The zero-order valence-corrected chi connectivity index (χ0v) is 8.43. The number of esters is 1. The van der Waals surface area contributed by atoms with Gasteiger partial charge >= 0.3 is 5.97 Å². The van der Waals surface area contributed by atoms with Crippen molar-refractivity contribution in [2.45, 2.75) is 26.2 Å². The van der Waals surface area contributed by atoms with E-state index in [2.05, 4.69) is 6.58 Å². The molecule has 0 bridgehead atoms. The average Bonchev–Trinajstić information content (AvgIpc) is 2.18. The molecule has 0 saturated carbocycles. The van der Waals surface area contributed by atoms with Gasteiger partial charge in [-0.1, -0.05) is 18.2 Å². The predicted molar refractivity (Wildman–Crippen MR) is 55.4 cm³/mol. The van der Waals surface area contributed by atoms with Crippen molar-refractivity contribution < 1.29 is 9.53 Å². The van der Waals surface area contributed by atoms with Crippen LogP contribution in [-0.4, -0.2) is 18.3 Å². The molecule has 3 nitrogen and oxygen atoms in total. The third kappa shape index (κ3) is 2.55. The van der Waals surface area contributed by atoms with E-state index in [1.807, 2.05) is 6.08 Å². The lowest BCUT2D eigenvalue weighted by atomic mass is 9.93. The molecule has 0 aromatic rings. The summed E-state index contributed by atoms with van der Waals surface area (Å²) in [6, 6.07) is 0. The first kappa shape index (κ1) is 10.7. The van der Waals surface area contributed by atoms with E-state index in [1.54, 1.807) is 6.92 Å². The largest absolute Gasteiger partial charge is 0.461 e. The summed E-state index contributed by atoms with van der Waals surface area (Å²) in [6.45, 7) is 5.92. The Balaban J connectivity index is 2.61. The minimum Gasteiger partial charge on any atom is -0.461 e. The topological polar surface area (TPSA) is 50.2 Å². The standard InChI is InChI=1S/C11H15NO2/c1-3-14-11(13)10(12)9-6-4-8(2)5-7-9/h6,12H,2-5,7H2,1H3. The molecule has 14 heavy (non-hydrogen) atoms. The van der Waals surface area contributed by atoms with Crippen LogP contribution in [0, 0.1) is 5.41 Å². The molecule has 1 aliphatic carbocycles. The maximum absolute atomic E-state index is 11.2. The minimum absolute atomic E-state index is 0.000602. The Morgan fingerprint density at radius 1 is 1.64 bits per heavy atom. The van der Waals surface area contributed by atoms with Crippen LogP contribution in [0.2, 0.25) is 0 Å². The van der Waals surface area contributed by atoms with Crippen LogP contribution < -0.4 is 0 Å². The fourth-order valence-electron chi connectivity index (χ4n) is 1.34. The fourth-order valence-corrected chi connectivity index (χ4v) is 1.34. The predicted octanol–water partition coefficient (Wildman–Crippen LogP) is 2.24. The number of carbonyl (C=O) groups excluding carboxylic acids is 1. The van der Waals surface area contributed by atoms with Gasteiger partial charge in [0.1, 0.15) is 5.71 Å². The molecular weight excluding hydrogens is 178 g/mol. The molecule has 0 aliphatic heterocycles. The quantitative estimate of drug-likeness (QED) is 0.424. The number of carbonyl (C=O) groups is 1. The molecule has 0 fully saturated rings. The van der Waals surface area contributed by atoms with Gasteiger partial charge in [-0.15, -0.1) is 0 Å². The number of hydrogen-bond acceptors (Lipinski definition) is 3. The maximum Gasteiger partial charge on any atom is 0.356 e. The zero-order valence-electron chi connectivity index (χ0n) is 8.43. The molecule has 0 radical (unpaired) electrons. The Kier molecular flexibility index (Phi) is 3.63. The third-order valence-corrected chi connectivity index (χ3v) is 2.19. The molecule has 76 valence electrons. The summed E-state index contributed by atoms with van der Waals surface area (Å²) in [5, 5.41) is 7.59. The van der Waals surface area contributed by atoms with E-state index < -0.39 is 5.97 Å². The van der Waals surface area contributed by atoms with Crippen LogP contribution in [0.3, 0.4) is 0 Å². The molecule has 0 aromatic heterocycles. The van der Waals surface area contributed by atoms with Crippen molar-refractivity contribution in [2.24, 2.45) is 0 Å². The second kappa shape index (κ2) is 4.74. The van der Waals surface area contributed by atoms with Crippen molar-refractivity contribution in [3.63, 3.8) is 0 Å². The fraction of sp³-hybridized carbons (Fsp3) is 0.455. The normalized spacial score (nSPS) is 16.1. The summed E-state index contributed by atoms with van der Waals surface area (Å²) in [7, 11) is 0. The number of allylic oxidation sites excluding steroid dienone is 2. The number of hydrogen-bond donors (Lipinski definition) is 1. The lowest BCUT2D eigenvalue weighted by Crippen LogP contribution is -2.19. The molecule has 0 unspecified atom stereocenters. The SMILES string of the molecule is C=C1CC=C(C(=N)C(=O)OCC)CC1. The van der Waals surface area contributed by atoms with Crippen molar-refractivity contribution in [1.82, 2.24) is 0 Å². The van der Waals surface area contributed by atoms with Crippen molar-refractivity contribution in [3.8, 4) is 0 Å². The van der Waals surface area contributed by atoms with Crippen LogP contribution >= 0.6 is 0 Å². The van der Waals surface area contributed by atoms with Crippen LogP contribution in [-0.2, 0) is 9.53 Å². The van der Waals surface area contributed by atoms with E-state index in [4.69, 9.17) is 10.1 Å². The monoisotopic (exact) mass is 193 g/mol. The first-order chi connectivity index (χ1) is 6.65. The van der Waals surface area contributed by atoms with Gasteiger partial charge in [0.05, 0.1) is 6.61 Å². The summed E-state index contributed by atoms with van der Waals surface area (Å²) in [5.41, 5.74) is 1.95. The maximum atomic E-state index is 11.2. The van der Waals surface area contributed by atoms with Crippen LogP contribution in [0.5, 0.6) is 0 Å². The highest BCUT2D eigenvalue weighted by atomic mass is 16.5. The van der Waals surface area contributed by atoms with Crippen molar-refractivity contribution in [1.29, 1.82) is 5.41 Å². The van der Waals surface area contributed by atoms with E-state index in [0.29, 0.717) is 6.61 Å². The van der Waals surface area contributed by atoms with E-state index in [9.17, 15) is 4.79 Å². The van der Waals surface area contributed by atoms with Gasteiger partial charge in [-0.05, 0) is 31.8 Å². The molecule has 3 heteroatoms. The lowest BCUT2D eigenvalue weighted by Gasteiger charge is -2.14. The number of ether oxygens (including phenoxy) is 1. The zero-order chi connectivity index (χ0) is 10.6. The highest BCUT2D eigenvalue weighted by Crippen LogP contribution is 2.22. The van der Waals surface area contributed by atoms with E-state index in [1.165, 1.54) is 0 Å². The molecular formula is C11H15NO2. The Morgan fingerprint density at radius 2 is 2.36 bits per heavy atom. The van der Waals surface area contributed by atoms with Gasteiger partial charge in [0, 0.05) is 0 Å². The molecule has 1 rings (SSSR count). The van der Waals surface area contributed by atoms with Crippen molar-refractivity contribution in [3.05, 3.63) is 23.8 Å². The van der Waals surface area contributed by atoms with Crippen LogP contribution in [0.25, 0.3) is 0 Å². The molecule has 0 atom stereocenters. The van der Waals surface area contributed by atoms with Gasteiger partial charge in [-0.3, -0.25) is 5.41 Å². The Morgan fingerprint density at radius 3 is 2.86 bits per heavy atom. The summed E-state index contributed by atoms with van der Waals surface area (Å²) < 4.78 is 4.76. The van der Waals surface area contributed by atoms with E-state index in [0.717, 1.165) is 30.4 Å². The summed E-state index contributed by atoms with van der Waals surface area (Å²) in [6.07, 6.45) is 4.27. The summed E-state index contributed by atoms with van der Waals surface area (Å²) in [4.78, 5) is 11.2. The molecule has 0 aromatic carbocycles. The van der Waals surface area contributed by atoms with Gasteiger partial charge in [-0.25, -0.2) is 4.79 Å². The number of rotatable bonds is 3. The minimum atomic E-state index is -0.522. The molecule has 0 saturated heterocycles. The molecule has 0 amide bonds. The summed E-state index contributed by atoms with van der Waals surface area (Å²) in [5.74, 6) is -0.522. The average molecular weight is 193 g/mol. The Bertz CT molecular complexity index is 302. The lowest BCUT2D eigenvalue weighted by molar-refractivity contribution is -0.135. The molecule has 1 aliphatic rings. The smallest absolute Gasteiger partial charge is 0.356 e. The first-order valence-electron chi connectivity index (χ1n) is 4.77. The third-order valence-electron chi connectivity index (χ3n) is 2.19. The van der Waals surface area contributed by atoms with Gasteiger partial charge < -0.3 is 4.74 Å². The van der Waals surface area contributed by atoms with Gasteiger partial charge in [0.15, 0.2) is 0 Å². The first-order valence-corrected chi connectivity index (χ1v) is 4.77. The van der Waals surface area contributed by atoms with Crippen LogP contribution in [0.15, 0.2) is 23.8 Å². The van der Waals surface area contributed by atoms with Gasteiger partial charge in [-0.2, -0.15) is 0 Å². The highest BCUT2D eigenvalue weighted by molar-refractivity contribution is 6.41. The van der Waals surface area contributed by atoms with E-state index >= 15 is 0 Å². The Labute approximate surface area is 84.0 Å². The summed E-state index contributed by atoms with van der Waals surface area (Å²) >= 11 is 0. The van der Waals surface area contributed by atoms with Crippen molar-refractivity contribution >= 4 is 11.7 Å². The molecule has 0 heterocycles. The van der Waals surface area contributed by atoms with Gasteiger partial charge in [0.2, 0.25) is 0 Å².